The van der Waals surface area contributed by atoms with Gasteiger partial charge in [-0.2, -0.15) is 0 Å². The van der Waals surface area contributed by atoms with E-state index in [0.717, 1.165) is 25.2 Å². The molecule has 23 heavy (non-hydrogen) atoms. The molecule has 2 fully saturated rings. The van der Waals surface area contributed by atoms with E-state index in [0.29, 0.717) is 24.4 Å². The van der Waals surface area contributed by atoms with E-state index in [1.54, 1.807) is 11.1 Å². The number of anilines is 1. The van der Waals surface area contributed by atoms with Gasteiger partial charge in [-0.25, -0.2) is 9.78 Å². The maximum Gasteiger partial charge on any atom is 0.416 e. The number of nitrogens with zero attached hydrogens (tertiary/aromatic N) is 4. The minimum absolute atomic E-state index is 0.339. The molecule has 1 aromatic rings. The molecule has 0 N–H and O–H groups in total. The summed E-state index contributed by atoms with van der Waals surface area (Å²) in [5.74, 6) is 0.969. The van der Waals surface area contributed by atoms with Crippen molar-refractivity contribution >= 4 is 11.9 Å². The highest BCUT2D eigenvalue weighted by molar-refractivity contribution is 5.90. The number of rotatable bonds is 3. The zero-order valence-corrected chi connectivity index (χ0v) is 14.5. The third-order valence-corrected chi connectivity index (χ3v) is 4.81. The molecule has 6 nitrogen and oxygen atoms in total. The molecule has 0 saturated carbocycles. The molecule has 2 saturated heterocycles. The lowest BCUT2D eigenvalue weighted by Crippen LogP contribution is -2.43. The molecule has 0 unspecified atom stereocenters. The Hall–Kier alpha value is -1.69. The minimum atomic E-state index is -0.388. The van der Waals surface area contributed by atoms with Crippen molar-refractivity contribution in [1.29, 1.82) is 0 Å². The number of carbonyl (C=O) groups excluding carboxylic acids is 1. The van der Waals surface area contributed by atoms with Crippen molar-refractivity contribution in [3.8, 4) is 0 Å². The van der Waals surface area contributed by atoms with Crippen LogP contribution in [0.1, 0.15) is 52.1 Å². The van der Waals surface area contributed by atoms with Crippen LogP contribution < -0.4 is 4.90 Å². The summed E-state index contributed by atoms with van der Waals surface area (Å²) < 4.78 is 5.18. The third kappa shape index (κ3) is 3.17. The topological polar surface area (TPSA) is 58.6 Å². The van der Waals surface area contributed by atoms with Crippen LogP contribution in [0.15, 0.2) is 12.4 Å². The van der Waals surface area contributed by atoms with Gasteiger partial charge in [-0.05, 0) is 47.1 Å². The summed E-state index contributed by atoms with van der Waals surface area (Å²) in [6.07, 6.45) is 5.45. The standard InChI is InChI=1S/C17H26N4O2/c1-12(2)20-7-5-6-13(10-20)14-8-18-9-15(19-14)21-16(22)23-11-17(21,3)4/h8-9,12-13H,5-7,10-11H2,1-4H3/t13-/m0/s1. The van der Waals surface area contributed by atoms with Gasteiger partial charge in [0.1, 0.15) is 6.61 Å². The van der Waals surface area contributed by atoms with Gasteiger partial charge in [-0.1, -0.05) is 0 Å². The van der Waals surface area contributed by atoms with Crippen LogP contribution in [-0.2, 0) is 4.74 Å². The number of hydrogen-bond acceptors (Lipinski definition) is 5. The highest BCUT2D eigenvalue weighted by atomic mass is 16.6. The van der Waals surface area contributed by atoms with Crippen LogP contribution in [0.4, 0.5) is 10.6 Å². The molecule has 0 aromatic carbocycles. The first-order valence-corrected chi connectivity index (χ1v) is 8.41. The number of amides is 1. The second-order valence-electron chi connectivity index (χ2n) is 7.43. The molecule has 6 heteroatoms. The van der Waals surface area contributed by atoms with Crippen LogP contribution in [0.5, 0.6) is 0 Å². The fourth-order valence-electron chi connectivity index (χ4n) is 3.41. The van der Waals surface area contributed by atoms with Crippen molar-refractivity contribution in [3.63, 3.8) is 0 Å². The van der Waals surface area contributed by atoms with E-state index in [4.69, 9.17) is 9.72 Å². The molecule has 0 radical (unpaired) electrons. The maximum atomic E-state index is 12.0. The van der Waals surface area contributed by atoms with Gasteiger partial charge in [0.2, 0.25) is 0 Å². The van der Waals surface area contributed by atoms with Gasteiger partial charge in [0, 0.05) is 24.7 Å². The van der Waals surface area contributed by atoms with E-state index in [2.05, 4.69) is 23.7 Å². The molecule has 3 heterocycles. The van der Waals surface area contributed by atoms with E-state index >= 15 is 0 Å². The van der Waals surface area contributed by atoms with Gasteiger partial charge < -0.3 is 9.64 Å². The van der Waals surface area contributed by atoms with Gasteiger partial charge >= 0.3 is 6.09 Å². The Bertz CT molecular complexity index is 588. The molecule has 0 aliphatic carbocycles. The van der Waals surface area contributed by atoms with E-state index in [9.17, 15) is 4.79 Å². The first-order chi connectivity index (χ1) is 10.9. The molecule has 0 bridgehead atoms. The summed E-state index contributed by atoms with van der Waals surface area (Å²) in [6.45, 7) is 10.9. The molecule has 0 spiro atoms. The van der Waals surface area contributed by atoms with Gasteiger partial charge in [-0.3, -0.25) is 9.88 Å². The number of ether oxygens (including phenoxy) is 1. The summed E-state index contributed by atoms with van der Waals surface area (Å²) >= 11 is 0. The molecule has 3 rings (SSSR count). The number of carbonyl (C=O) groups is 1. The first-order valence-electron chi connectivity index (χ1n) is 8.41. The number of hydrogen-bond donors (Lipinski definition) is 0. The number of likely N-dealkylation sites (tertiary alicyclic amines) is 1. The van der Waals surface area contributed by atoms with Crippen molar-refractivity contribution in [2.45, 2.75) is 58.0 Å². The largest absolute Gasteiger partial charge is 0.447 e. The quantitative estimate of drug-likeness (QED) is 0.857. The van der Waals surface area contributed by atoms with E-state index in [1.807, 2.05) is 20.0 Å². The van der Waals surface area contributed by atoms with Gasteiger partial charge in [0.25, 0.3) is 0 Å². The zero-order valence-electron chi connectivity index (χ0n) is 14.5. The average Bonchev–Trinajstić information content (AvgIpc) is 2.81. The number of cyclic esters (lactones) is 1. The van der Waals surface area contributed by atoms with E-state index in [-0.39, 0.29) is 11.6 Å². The predicted octanol–water partition coefficient (Wildman–Crippen LogP) is 2.80. The molecule has 1 atom stereocenters. The second-order valence-corrected chi connectivity index (χ2v) is 7.43. The highest BCUT2D eigenvalue weighted by Gasteiger charge is 2.42. The Morgan fingerprint density at radius 3 is 2.78 bits per heavy atom. The third-order valence-electron chi connectivity index (χ3n) is 4.81. The zero-order chi connectivity index (χ0) is 16.6. The van der Waals surface area contributed by atoms with Gasteiger partial charge in [0.05, 0.1) is 17.4 Å². The maximum absolute atomic E-state index is 12.0. The highest BCUT2D eigenvalue weighted by Crippen LogP contribution is 2.31. The molecular weight excluding hydrogens is 292 g/mol. The number of piperidine rings is 1. The Balaban J connectivity index is 1.84. The Morgan fingerprint density at radius 1 is 1.35 bits per heavy atom. The molecule has 2 aliphatic heterocycles. The average molecular weight is 318 g/mol. The first kappa shape index (κ1) is 16.2. The SMILES string of the molecule is CC(C)N1CCC[C@H](c2cncc(N3C(=O)OCC3(C)C)n2)C1. The molecule has 1 amide bonds. The van der Waals surface area contributed by atoms with Crippen LogP contribution in [-0.4, -0.2) is 52.2 Å². The Morgan fingerprint density at radius 2 is 2.13 bits per heavy atom. The van der Waals surface area contributed by atoms with Crippen molar-refractivity contribution in [3.05, 3.63) is 18.1 Å². The lowest BCUT2D eigenvalue weighted by Gasteiger charge is -2.35. The smallest absolute Gasteiger partial charge is 0.416 e. The van der Waals surface area contributed by atoms with Crippen molar-refractivity contribution in [1.82, 2.24) is 14.9 Å². The molecule has 2 aliphatic rings. The lowest BCUT2D eigenvalue weighted by molar-refractivity contribution is 0.166. The summed E-state index contributed by atoms with van der Waals surface area (Å²) in [6, 6.07) is 0.543. The van der Waals surface area contributed by atoms with Crippen LogP contribution in [0, 0.1) is 0 Å². The summed E-state index contributed by atoms with van der Waals surface area (Å²) in [5.41, 5.74) is 0.587. The normalized spacial score (nSPS) is 25.0. The van der Waals surface area contributed by atoms with Gasteiger partial charge in [-0.15, -0.1) is 0 Å². The van der Waals surface area contributed by atoms with Gasteiger partial charge in [0.15, 0.2) is 5.82 Å². The molecule has 1 aromatic heterocycles. The van der Waals surface area contributed by atoms with Crippen LogP contribution in [0.25, 0.3) is 0 Å². The molecule has 126 valence electrons. The fraction of sp³-hybridized carbons (Fsp3) is 0.706. The minimum Gasteiger partial charge on any atom is -0.447 e. The second kappa shape index (κ2) is 6.07. The lowest BCUT2D eigenvalue weighted by atomic mass is 9.94. The Kier molecular flexibility index (Phi) is 4.27. The van der Waals surface area contributed by atoms with Crippen LogP contribution in [0.2, 0.25) is 0 Å². The van der Waals surface area contributed by atoms with Crippen LogP contribution in [0.3, 0.4) is 0 Å². The molecular formula is C17H26N4O2. The predicted molar refractivity (Wildman–Crippen MR) is 88.6 cm³/mol. The number of aromatic nitrogens is 2. The summed E-state index contributed by atoms with van der Waals surface area (Å²) in [4.78, 5) is 25.2. The van der Waals surface area contributed by atoms with Crippen molar-refractivity contribution in [2.75, 3.05) is 24.6 Å². The monoisotopic (exact) mass is 318 g/mol. The fourth-order valence-corrected chi connectivity index (χ4v) is 3.41. The van der Waals surface area contributed by atoms with Crippen molar-refractivity contribution in [2.24, 2.45) is 0 Å². The van der Waals surface area contributed by atoms with Crippen molar-refractivity contribution < 1.29 is 9.53 Å². The van der Waals surface area contributed by atoms with E-state index in [1.165, 1.54) is 6.42 Å². The van der Waals surface area contributed by atoms with Crippen LogP contribution >= 0.6 is 0 Å². The van der Waals surface area contributed by atoms with E-state index < -0.39 is 0 Å². The Labute approximate surface area is 137 Å². The summed E-state index contributed by atoms with van der Waals surface area (Å²) in [7, 11) is 0. The summed E-state index contributed by atoms with van der Waals surface area (Å²) in [5, 5.41) is 0.